The van der Waals surface area contributed by atoms with Gasteiger partial charge in [-0.15, -0.1) is 0 Å². The lowest BCUT2D eigenvalue weighted by Gasteiger charge is -2.27. The number of carbonyl (C=O) groups excluding carboxylic acids is 2. The van der Waals surface area contributed by atoms with E-state index in [0.29, 0.717) is 39.0 Å². The van der Waals surface area contributed by atoms with Gasteiger partial charge in [0.05, 0.1) is 17.9 Å². The maximum atomic E-state index is 11.9. The zero-order chi connectivity index (χ0) is 19.7. The van der Waals surface area contributed by atoms with Crippen LogP contribution in [0.2, 0.25) is 10.0 Å². The molecule has 8 nitrogen and oxygen atoms in total. The number of aromatic amines is 1. The molecule has 0 spiro atoms. The van der Waals surface area contributed by atoms with Gasteiger partial charge < -0.3 is 0 Å². The molecule has 1 aliphatic rings. The predicted octanol–water partition coefficient (Wildman–Crippen LogP) is 2.35. The highest BCUT2D eigenvalue weighted by atomic mass is 35.5. The Morgan fingerprint density at radius 3 is 2.41 bits per heavy atom. The maximum Gasteiger partial charge on any atom is 0.343 e. The van der Waals surface area contributed by atoms with E-state index >= 15 is 0 Å². The van der Waals surface area contributed by atoms with Crippen molar-refractivity contribution in [2.75, 3.05) is 11.6 Å². The highest BCUT2D eigenvalue weighted by Gasteiger charge is 2.25. The van der Waals surface area contributed by atoms with Gasteiger partial charge in [0.2, 0.25) is 5.91 Å². The average molecular weight is 410 g/mol. The van der Waals surface area contributed by atoms with Crippen LogP contribution in [0.25, 0.3) is 0 Å². The molecule has 3 amide bonds. The number of halogens is 2. The fourth-order valence-corrected chi connectivity index (χ4v) is 3.31. The molecule has 3 N–H and O–H groups in total. The van der Waals surface area contributed by atoms with Crippen LogP contribution >= 0.6 is 23.2 Å². The van der Waals surface area contributed by atoms with Crippen LogP contribution < -0.4 is 21.3 Å². The number of anilines is 1. The molecule has 27 heavy (non-hydrogen) atoms. The summed E-state index contributed by atoms with van der Waals surface area (Å²) in [7, 11) is 0. The number of carbonyl (C=O) groups is 2. The van der Waals surface area contributed by atoms with Gasteiger partial charge in [-0.1, -0.05) is 37.0 Å². The molecular weight excluding hydrogens is 393 g/mol. The summed E-state index contributed by atoms with van der Waals surface area (Å²) < 4.78 is 0. The number of amides is 3. The summed E-state index contributed by atoms with van der Waals surface area (Å²) >= 11 is 12.8. The highest BCUT2D eigenvalue weighted by Crippen LogP contribution is 2.32. The molecule has 1 aromatic heterocycles. The van der Waals surface area contributed by atoms with Crippen LogP contribution in [-0.2, 0) is 11.2 Å². The van der Waals surface area contributed by atoms with Crippen LogP contribution in [0.15, 0.2) is 23.0 Å². The van der Waals surface area contributed by atoms with Gasteiger partial charge in [-0.25, -0.2) is 20.3 Å². The number of H-pyrrole nitrogens is 1. The number of aromatic nitrogens is 2. The molecule has 10 heteroatoms. The predicted molar refractivity (Wildman–Crippen MR) is 102 cm³/mol. The minimum Gasteiger partial charge on any atom is -0.275 e. The second-order valence-corrected chi connectivity index (χ2v) is 7.20. The molecule has 0 radical (unpaired) electrons. The summed E-state index contributed by atoms with van der Waals surface area (Å²) in [6.45, 7) is 3.80. The number of hydrogen-bond acceptors (Lipinski definition) is 5. The van der Waals surface area contributed by atoms with Crippen LogP contribution in [0.4, 0.5) is 10.5 Å². The molecule has 3 rings (SSSR count). The van der Waals surface area contributed by atoms with Gasteiger partial charge >= 0.3 is 6.03 Å². The highest BCUT2D eigenvalue weighted by molar-refractivity contribution is 6.36. The van der Waals surface area contributed by atoms with Crippen molar-refractivity contribution < 1.29 is 9.59 Å². The Balaban J connectivity index is 1.90. The smallest absolute Gasteiger partial charge is 0.275 e. The fraction of sp³-hybridized carbons (Fsp3) is 0.294. The number of hydrazine groups is 1. The van der Waals surface area contributed by atoms with E-state index in [9.17, 15) is 14.4 Å². The molecule has 0 aliphatic carbocycles. The van der Waals surface area contributed by atoms with E-state index in [-0.39, 0.29) is 18.0 Å². The van der Waals surface area contributed by atoms with Gasteiger partial charge in [0.25, 0.3) is 5.56 Å². The van der Waals surface area contributed by atoms with Gasteiger partial charge in [0, 0.05) is 22.0 Å². The van der Waals surface area contributed by atoms with Gasteiger partial charge in [-0.2, -0.15) is 5.10 Å². The zero-order valence-corrected chi connectivity index (χ0v) is 16.1. The average Bonchev–Trinajstić information content (AvgIpc) is 2.59. The Morgan fingerprint density at radius 1 is 1.15 bits per heavy atom. The molecule has 2 aromatic rings. The van der Waals surface area contributed by atoms with Crippen LogP contribution in [0, 0.1) is 0 Å². The molecule has 0 unspecified atom stereocenters. The van der Waals surface area contributed by atoms with Crippen molar-refractivity contribution in [2.45, 2.75) is 26.2 Å². The van der Waals surface area contributed by atoms with Crippen molar-refractivity contribution in [3.8, 4) is 0 Å². The lowest BCUT2D eigenvalue weighted by molar-refractivity contribution is -0.119. The third kappa shape index (κ3) is 4.13. The summed E-state index contributed by atoms with van der Waals surface area (Å²) in [6, 6.07) is 4.25. The van der Waals surface area contributed by atoms with Crippen LogP contribution in [-0.4, -0.2) is 28.7 Å². The minimum absolute atomic E-state index is 0.0397. The molecule has 142 valence electrons. The second-order valence-electron chi connectivity index (χ2n) is 6.39. The standard InChI is InChI=1S/C17H17Cl2N5O3/c1-8(2)11-3-9(22-23-16(11)26)4-12-13(18)5-10(6-14(12)19)24-17(27)21-15(25)7-20-24/h3,5-6,8,20H,4,7H2,1-2H3,(H,23,26)(H,21,25,27). The normalized spacial score (nSPS) is 14.6. The number of nitrogens with one attached hydrogen (secondary N) is 3. The molecule has 1 aliphatic heterocycles. The SMILES string of the molecule is CC(C)c1cc(Cc2c(Cl)cc(N3NCC(=O)NC3=O)cc2Cl)n[nH]c1=O. The van der Waals surface area contributed by atoms with Crippen LogP contribution in [0.3, 0.4) is 0 Å². The maximum absolute atomic E-state index is 11.9. The monoisotopic (exact) mass is 409 g/mol. The fourth-order valence-electron chi connectivity index (χ4n) is 2.70. The van der Waals surface area contributed by atoms with E-state index in [2.05, 4.69) is 20.9 Å². The van der Waals surface area contributed by atoms with E-state index in [1.165, 1.54) is 0 Å². The summed E-state index contributed by atoms with van der Waals surface area (Å²) in [5.41, 5.74) is 4.72. The molecule has 0 saturated carbocycles. The van der Waals surface area contributed by atoms with E-state index in [4.69, 9.17) is 23.2 Å². The Morgan fingerprint density at radius 2 is 1.81 bits per heavy atom. The third-order valence-electron chi connectivity index (χ3n) is 4.10. The number of hydrogen-bond donors (Lipinski definition) is 3. The Bertz CT molecular complexity index is 950. The van der Waals surface area contributed by atoms with Crippen molar-refractivity contribution in [3.05, 3.63) is 55.4 Å². The number of nitrogens with zero attached hydrogens (tertiary/aromatic N) is 2. The first kappa shape index (κ1) is 19.3. The second kappa shape index (κ2) is 7.67. The van der Waals surface area contributed by atoms with Crippen molar-refractivity contribution in [1.29, 1.82) is 0 Å². The molecule has 1 aromatic carbocycles. The first-order valence-electron chi connectivity index (χ1n) is 8.20. The first-order chi connectivity index (χ1) is 12.8. The largest absolute Gasteiger partial charge is 0.343 e. The van der Waals surface area contributed by atoms with E-state index < -0.39 is 11.9 Å². The number of benzene rings is 1. The number of urea groups is 1. The van der Waals surface area contributed by atoms with Gasteiger partial charge in [-0.05, 0) is 29.7 Å². The molecule has 1 fully saturated rings. The summed E-state index contributed by atoms with van der Waals surface area (Å²) in [5.74, 6) is -0.370. The first-order valence-corrected chi connectivity index (χ1v) is 8.95. The lowest BCUT2D eigenvalue weighted by atomic mass is 10.0. The zero-order valence-electron chi connectivity index (χ0n) is 14.6. The van der Waals surface area contributed by atoms with Crippen LogP contribution in [0.5, 0.6) is 0 Å². The van der Waals surface area contributed by atoms with E-state index in [1.54, 1.807) is 18.2 Å². The molecule has 0 atom stereocenters. The van der Waals surface area contributed by atoms with Crippen molar-refractivity contribution >= 4 is 40.8 Å². The quantitative estimate of drug-likeness (QED) is 0.718. The topological polar surface area (TPSA) is 107 Å². The Labute approximate surface area is 164 Å². The summed E-state index contributed by atoms with van der Waals surface area (Å²) in [4.78, 5) is 35.0. The molecular formula is C17H17Cl2N5O3. The molecule has 2 heterocycles. The number of imide groups is 1. The Kier molecular flexibility index (Phi) is 5.50. The van der Waals surface area contributed by atoms with Crippen molar-refractivity contribution in [1.82, 2.24) is 20.9 Å². The molecule has 1 saturated heterocycles. The van der Waals surface area contributed by atoms with Gasteiger partial charge in [0.1, 0.15) is 0 Å². The lowest BCUT2D eigenvalue weighted by Crippen LogP contribution is -2.59. The van der Waals surface area contributed by atoms with E-state index in [0.717, 1.165) is 5.01 Å². The summed E-state index contributed by atoms with van der Waals surface area (Å²) in [6.07, 6.45) is 0.312. The molecule has 0 bridgehead atoms. The van der Waals surface area contributed by atoms with Gasteiger partial charge in [0.15, 0.2) is 0 Å². The third-order valence-corrected chi connectivity index (χ3v) is 4.77. The summed E-state index contributed by atoms with van der Waals surface area (Å²) in [5, 5.41) is 10.6. The van der Waals surface area contributed by atoms with Crippen LogP contribution in [0.1, 0.15) is 36.6 Å². The Hall–Kier alpha value is -2.42. The van der Waals surface area contributed by atoms with Crippen molar-refractivity contribution in [2.24, 2.45) is 0 Å². The van der Waals surface area contributed by atoms with E-state index in [1.807, 2.05) is 13.8 Å². The van der Waals surface area contributed by atoms with Crippen molar-refractivity contribution in [3.63, 3.8) is 0 Å². The minimum atomic E-state index is -0.616. The van der Waals surface area contributed by atoms with Gasteiger partial charge in [-0.3, -0.25) is 14.9 Å². The number of rotatable bonds is 4.